The zero-order valence-corrected chi connectivity index (χ0v) is 40.3. The van der Waals surface area contributed by atoms with Crippen LogP contribution < -0.4 is 0 Å². The molecule has 0 bridgehead atoms. The Balaban J connectivity index is 2.18. The highest BCUT2D eigenvalue weighted by Crippen LogP contribution is 2.23. The molecule has 0 aromatic rings. The Hall–Kier alpha value is -2.11. The number of esters is 1. The summed E-state index contributed by atoms with van der Waals surface area (Å²) >= 11 is 0. The minimum absolute atomic E-state index is 0.117. The summed E-state index contributed by atoms with van der Waals surface area (Å²) in [5, 5.41) is 40.2. The number of aliphatic hydroxyl groups excluding tert-OH is 4. The molecule has 0 aromatic heterocycles. The minimum atomic E-state index is -1.54. The van der Waals surface area contributed by atoms with Crippen molar-refractivity contribution in [2.24, 2.45) is 0 Å². The van der Waals surface area contributed by atoms with Crippen LogP contribution >= 0.6 is 0 Å². The Kier molecular flexibility index (Phi) is 42.1. The number of carbonyl (C=O) groups excluding carboxylic acids is 1. The lowest BCUT2D eigenvalue weighted by Gasteiger charge is -2.39. The van der Waals surface area contributed by atoms with E-state index in [2.05, 4.69) is 74.6 Å². The first-order valence-corrected chi connectivity index (χ1v) is 25.9. The molecule has 0 aromatic carbocycles. The van der Waals surface area contributed by atoms with Crippen LogP contribution in [0.2, 0.25) is 0 Å². The molecule has 4 N–H and O–H groups in total. The normalized spacial score (nSPS) is 20.1. The molecule has 0 amide bonds. The van der Waals surface area contributed by atoms with Crippen molar-refractivity contribution in [1.82, 2.24) is 0 Å². The zero-order chi connectivity index (χ0) is 45.7. The SMILES string of the molecule is CC/C=C\C/C=C\C/C=C\C/C=C\CCCCCCCCCCCCCCC(=O)OC(COCCCCCCCC/C=C\CCCCCCC)COC1OC(CO)C(O)C(O)C1O. The lowest BCUT2D eigenvalue weighted by atomic mass is 9.99. The van der Waals surface area contributed by atoms with E-state index in [9.17, 15) is 25.2 Å². The van der Waals surface area contributed by atoms with Gasteiger partial charge < -0.3 is 39.4 Å². The van der Waals surface area contributed by atoms with E-state index in [4.69, 9.17) is 18.9 Å². The standard InChI is InChI=1S/C54H96O9/c1-3-5-7-9-11-13-15-17-19-20-21-22-23-24-25-26-27-28-29-31-33-35-37-39-41-43-50(56)62-48(47-61-54-53(59)52(58)51(57)49(45-55)63-54)46-60-44-42-40-38-36-34-32-30-18-16-14-12-10-8-6-4-2/h5,7,11,13,16-19,21-22,48-49,51-55,57-59H,3-4,6,8-10,12,14-15,20,23-47H2,1-2H3/b7-5-,13-11-,18-16-,19-17-,22-21-. The maximum atomic E-state index is 12.8. The molecular formula is C54H96O9. The summed E-state index contributed by atoms with van der Waals surface area (Å²) < 4.78 is 22.9. The Morgan fingerprint density at radius 2 is 0.968 bits per heavy atom. The quantitative estimate of drug-likeness (QED) is 0.0268. The van der Waals surface area contributed by atoms with E-state index in [1.165, 1.54) is 128 Å². The van der Waals surface area contributed by atoms with Gasteiger partial charge in [0.15, 0.2) is 6.29 Å². The topological polar surface area (TPSA) is 135 Å². The molecule has 9 heteroatoms. The van der Waals surface area contributed by atoms with Crippen molar-refractivity contribution in [3.63, 3.8) is 0 Å². The van der Waals surface area contributed by atoms with E-state index < -0.39 is 43.4 Å². The Morgan fingerprint density at radius 1 is 0.524 bits per heavy atom. The first kappa shape index (κ1) is 58.9. The smallest absolute Gasteiger partial charge is 0.306 e. The van der Waals surface area contributed by atoms with Crippen LogP contribution in [0.15, 0.2) is 60.8 Å². The van der Waals surface area contributed by atoms with Gasteiger partial charge in [-0.3, -0.25) is 4.79 Å². The van der Waals surface area contributed by atoms with Gasteiger partial charge in [-0.2, -0.15) is 0 Å². The fourth-order valence-electron chi connectivity index (χ4n) is 7.65. The van der Waals surface area contributed by atoms with E-state index in [-0.39, 0.29) is 19.2 Å². The van der Waals surface area contributed by atoms with Gasteiger partial charge in [0.1, 0.15) is 30.5 Å². The molecule has 1 aliphatic heterocycles. The number of unbranched alkanes of at least 4 members (excludes halogenated alkanes) is 23. The minimum Gasteiger partial charge on any atom is -0.457 e. The predicted molar refractivity (Wildman–Crippen MR) is 261 cm³/mol. The highest BCUT2D eigenvalue weighted by Gasteiger charge is 2.44. The molecule has 63 heavy (non-hydrogen) atoms. The molecule has 6 unspecified atom stereocenters. The molecule has 0 spiro atoms. The van der Waals surface area contributed by atoms with Crippen LogP contribution in [-0.4, -0.2) is 89.6 Å². The molecule has 1 fully saturated rings. The third kappa shape index (κ3) is 35.8. The highest BCUT2D eigenvalue weighted by molar-refractivity contribution is 5.69. The summed E-state index contributed by atoms with van der Waals surface area (Å²) in [5.74, 6) is -0.318. The van der Waals surface area contributed by atoms with Crippen molar-refractivity contribution < 1.29 is 44.2 Å². The Labute approximate surface area is 385 Å². The molecule has 1 heterocycles. The van der Waals surface area contributed by atoms with Crippen LogP contribution in [0.5, 0.6) is 0 Å². The number of allylic oxidation sites excluding steroid dienone is 10. The number of hydrogen-bond acceptors (Lipinski definition) is 9. The lowest BCUT2D eigenvalue weighted by molar-refractivity contribution is -0.305. The van der Waals surface area contributed by atoms with E-state index in [0.29, 0.717) is 13.0 Å². The van der Waals surface area contributed by atoms with Crippen LogP contribution in [0.3, 0.4) is 0 Å². The summed E-state index contributed by atoms with van der Waals surface area (Å²) in [6.07, 6.45) is 51.1. The first-order chi connectivity index (χ1) is 30.9. The van der Waals surface area contributed by atoms with Crippen LogP contribution in [0.1, 0.15) is 213 Å². The molecule has 6 atom stereocenters. The Morgan fingerprint density at radius 3 is 1.48 bits per heavy atom. The van der Waals surface area contributed by atoms with Gasteiger partial charge in [0.2, 0.25) is 0 Å². The monoisotopic (exact) mass is 889 g/mol. The van der Waals surface area contributed by atoms with E-state index in [1.807, 2.05) is 0 Å². The first-order valence-electron chi connectivity index (χ1n) is 25.9. The van der Waals surface area contributed by atoms with Crippen LogP contribution in [0, 0.1) is 0 Å². The molecule has 9 nitrogen and oxygen atoms in total. The maximum Gasteiger partial charge on any atom is 0.306 e. The fourth-order valence-corrected chi connectivity index (χ4v) is 7.65. The predicted octanol–water partition coefficient (Wildman–Crippen LogP) is 12.6. The van der Waals surface area contributed by atoms with E-state index in [0.717, 1.165) is 64.2 Å². The van der Waals surface area contributed by atoms with Crippen LogP contribution in [0.25, 0.3) is 0 Å². The van der Waals surface area contributed by atoms with Gasteiger partial charge in [0.25, 0.3) is 0 Å². The average Bonchev–Trinajstić information content (AvgIpc) is 3.28. The summed E-state index contributed by atoms with van der Waals surface area (Å²) in [5.41, 5.74) is 0. The summed E-state index contributed by atoms with van der Waals surface area (Å²) in [4.78, 5) is 12.8. The van der Waals surface area contributed by atoms with Crippen molar-refractivity contribution in [3.8, 4) is 0 Å². The van der Waals surface area contributed by atoms with Gasteiger partial charge in [-0.1, -0.05) is 190 Å². The number of carbonyl (C=O) groups is 1. The Bertz CT molecular complexity index is 1150. The maximum absolute atomic E-state index is 12.8. The molecule has 0 saturated carbocycles. The van der Waals surface area contributed by atoms with Crippen molar-refractivity contribution in [2.45, 2.75) is 250 Å². The van der Waals surface area contributed by atoms with Crippen LogP contribution in [0.4, 0.5) is 0 Å². The number of ether oxygens (including phenoxy) is 4. The van der Waals surface area contributed by atoms with Gasteiger partial charge in [0, 0.05) is 13.0 Å². The summed E-state index contributed by atoms with van der Waals surface area (Å²) in [6, 6.07) is 0. The second-order valence-corrected chi connectivity index (χ2v) is 17.6. The van der Waals surface area contributed by atoms with Gasteiger partial charge in [0.05, 0.1) is 19.8 Å². The largest absolute Gasteiger partial charge is 0.457 e. The molecule has 1 aliphatic rings. The molecule has 1 rings (SSSR count). The van der Waals surface area contributed by atoms with Crippen molar-refractivity contribution in [1.29, 1.82) is 0 Å². The summed E-state index contributed by atoms with van der Waals surface area (Å²) in [6.45, 7) is 4.44. The third-order valence-electron chi connectivity index (χ3n) is 11.7. The average molecular weight is 889 g/mol. The number of hydrogen-bond donors (Lipinski definition) is 4. The van der Waals surface area contributed by atoms with Crippen molar-refractivity contribution in [2.75, 3.05) is 26.4 Å². The summed E-state index contributed by atoms with van der Waals surface area (Å²) in [7, 11) is 0. The van der Waals surface area contributed by atoms with Gasteiger partial charge >= 0.3 is 5.97 Å². The zero-order valence-electron chi connectivity index (χ0n) is 40.3. The second-order valence-electron chi connectivity index (χ2n) is 17.6. The van der Waals surface area contributed by atoms with Gasteiger partial charge in [-0.05, 0) is 77.0 Å². The second kappa shape index (κ2) is 45.1. The van der Waals surface area contributed by atoms with E-state index in [1.54, 1.807) is 0 Å². The third-order valence-corrected chi connectivity index (χ3v) is 11.7. The lowest BCUT2D eigenvalue weighted by Crippen LogP contribution is -2.59. The number of rotatable bonds is 44. The number of aliphatic hydroxyl groups is 4. The van der Waals surface area contributed by atoms with Crippen molar-refractivity contribution in [3.05, 3.63) is 60.8 Å². The fraction of sp³-hybridized carbons (Fsp3) is 0.796. The molecule has 0 aliphatic carbocycles. The van der Waals surface area contributed by atoms with Crippen LogP contribution in [-0.2, 0) is 23.7 Å². The molecule has 366 valence electrons. The van der Waals surface area contributed by atoms with E-state index >= 15 is 0 Å². The molecule has 0 radical (unpaired) electrons. The molecular weight excluding hydrogens is 793 g/mol. The van der Waals surface area contributed by atoms with Crippen molar-refractivity contribution >= 4 is 5.97 Å². The van der Waals surface area contributed by atoms with Gasteiger partial charge in [-0.15, -0.1) is 0 Å². The highest BCUT2D eigenvalue weighted by atomic mass is 16.7. The molecule has 1 saturated heterocycles. The van der Waals surface area contributed by atoms with Gasteiger partial charge in [-0.25, -0.2) is 0 Å².